The molecule has 10 heteroatoms. The molecule has 0 radical (unpaired) electrons. The van der Waals surface area contributed by atoms with Crippen molar-refractivity contribution >= 4 is 26.7 Å². The molecule has 0 unspecified atom stereocenters. The quantitative estimate of drug-likeness (QED) is 0.371. The second-order valence-electron chi connectivity index (χ2n) is 7.66. The maximum atomic E-state index is 13.0. The van der Waals surface area contributed by atoms with E-state index in [2.05, 4.69) is 9.71 Å². The summed E-state index contributed by atoms with van der Waals surface area (Å²) in [7, 11) is -2.44. The van der Waals surface area contributed by atoms with E-state index in [4.69, 9.17) is 9.47 Å². The third-order valence-electron chi connectivity index (χ3n) is 5.52. The van der Waals surface area contributed by atoms with Crippen LogP contribution in [0.4, 0.5) is 5.69 Å². The van der Waals surface area contributed by atoms with E-state index in [1.165, 1.54) is 19.2 Å². The Morgan fingerprint density at radius 3 is 2.52 bits per heavy atom. The number of nitrogens with zero attached hydrogens (tertiary/aromatic N) is 2. The van der Waals surface area contributed by atoms with Crippen LogP contribution in [0.25, 0.3) is 22.4 Å². The highest BCUT2D eigenvalue weighted by Gasteiger charge is 2.28. The Balaban J connectivity index is 1.65. The molecule has 2 heterocycles. The molecule has 1 aromatic heterocycles. The van der Waals surface area contributed by atoms with Crippen molar-refractivity contribution in [3.63, 3.8) is 0 Å². The Kier molecular flexibility index (Phi) is 5.10. The van der Waals surface area contributed by atoms with Gasteiger partial charge >= 0.3 is 0 Å². The third-order valence-corrected chi connectivity index (χ3v) is 6.89. The summed E-state index contributed by atoms with van der Waals surface area (Å²) in [5.41, 5.74) is 2.17. The van der Waals surface area contributed by atoms with Crippen molar-refractivity contribution in [3.8, 4) is 28.6 Å². The van der Waals surface area contributed by atoms with Crippen LogP contribution in [0.1, 0.15) is 6.04 Å². The van der Waals surface area contributed by atoms with Crippen molar-refractivity contribution < 1.29 is 28.1 Å². The van der Waals surface area contributed by atoms with Gasteiger partial charge in [0, 0.05) is 11.3 Å². The number of nitrogens with one attached hydrogen (secondary N) is 1. The fourth-order valence-corrected chi connectivity index (χ4v) is 4.86. The lowest BCUT2D eigenvalue weighted by Gasteiger charge is -2.29. The van der Waals surface area contributed by atoms with Crippen LogP contribution >= 0.6 is 0 Å². The number of hydrogen-bond donors (Lipinski definition) is 3. The molecule has 0 spiro atoms. The van der Waals surface area contributed by atoms with Crippen LogP contribution in [-0.2, 0) is 14.8 Å². The van der Waals surface area contributed by atoms with Crippen LogP contribution in [0.15, 0.2) is 65.6 Å². The second kappa shape index (κ2) is 7.98. The van der Waals surface area contributed by atoms with Gasteiger partial charge in [-0.05, 0) is 42.5 Å². The predicted molar refractivity (Wildman–Crippen MR) is 122 cm³/mol. The van der Waals surface area contributed by atoms with E-state index in [0.29, 0.717) is 41.3 Å². The molecule has 33 heavy (non-hydrogen) atoms. The zero-order valence-electron chi connectivity index (χ0n) is 17.6. The van der Waals surface area contributed by atoms with Gasteiger partial charge in [0.05, 0.1) is 42.3 Å². The number of ether oxygens (including phenoxy) is 2. The number of anilines is 1. The first kappa shape index (κ1) is 21.1. The van der Waals surface area contributed by atoms with Crippen molar-refractivity contribution in [1.82, 2.24) is 9.55 Å². The number of sulfonamides is 1. The minimum absolute atomic E-state index is 0.0630. The van der Waals surface area contributed by atoms with Gasteiger partial charge in [0.2, 0.25) is 5.75 Å². The Morgan fingerprint density at radius 2 is 1.85 bits per heavy atom. The molecule has 0 atom stereocenters. The minimum atomic E-state index is -3.83. The number of phenolic OH excluding ortho intramolecular Hbond substituents is 2. The number of hydrogen-bond acceptors (Lipinski definition) is 7. The fraction of sp³-hybridized carbons (Fsp3) is 0.174. The van der Waals surface area contributed by atoms with E-state index in [9.17, 15) is 18.6 Å². The first-order valence-electron chi connectivity index (χ1n) is 10.2. The van der Waals surface area contributed by atoms with Gasteiger partial charge in [-0.25, -0.2) is 13.4 Å². The van der Waals surface area contributed by atoms with Crippen LogP contribution in [0.3, 0.4) is 0 Å². The van der Waals surface area contributed by atoms with Crippen LogP contribution < -0.4 is 9.46 Å². The van der Waals surface area contributed by atoms with E-state index in [0.717, 1.165) is 0 Å². The van der Waals surface area contributed by atoms with Crippen LogP contribution in [-0.4, -0.2) is 48.5 Å². The number of fused-ring (bicyclic) bond motifs is 1. The molecule has 3 N–H and O–H groups in total. The molecule has 1 saturated heterocycles. The molecule has 0 amide bonds. The standard InChI is InChI=1S/C23H21N3O6S/c1-31-21-10-14(9-20(27)22(21)28)23-24-18-8-7-17(11-19(18)26(23)16-12-32-13-16)33(29,30)25-15-5-3-2-4-6-15/h2-11,16,25,27-28H,12-13H2,1H3. The molecule has 0 saturated carbocycles. The molecular weight excluding hydrogens is 446 g/mol. The molecule has 0 aliphatic carbocycles. The Bertz CT molecular complexity index is 1450. The van der Waals surface area contributed by atoms with Gasteiger partial charge < -0.3 is 24.3 Å². The highest BCUT2D eigenvalue weighted by atomic mass is 32.2. The zero-order valence-corrected chi connectivity index (χ0v) is 18.4. The van der Waals surface area contributed by atoms with E-state index in [1.807, 2.05) is 4.57 Å². The lowest BCUT2D eigenvalue weighted by molar-refractivity contribution is -0.0209. The van der Waals surface area contributed by atoms with Crippen molar-refractivity contribution in [2.24, 2.45) is 0 Å². The Labute approximate surface area is 189 Å². The first-order valence-corrected chi connectivity index (χ1v) is 11.6. The third kappa shape index (κ3) is 3.73. The number of benzene rings is 3. The number of imidazole rings is 1. The smallest absolute Gasteiger partial charge is 0.261 e. The number of rotatable bonds is 6. The molecular formula is C23H21N3O6S. The van der Waals surface area contributed by atoms with Gasteiger partial charge in [-0.1, -0.05) is 18.2 Å². The summed E-state index contributed by atoms with van der Waals surface area (Å²) in [6.45, 7) is 0.887. The molecule has 1 aliphatic rings. The van der Waals surface area contributed by atoms with E-state index in [1.54, 1.807) is 48.5 Å². The fourth-order valence-electron chi connectivity index (χ4n) is 3.78. The predicted octanol–water partition coefficient (Wildman–Crippen LogP) is 3.50. The number of aromatic nitrogens is 2. The van der Waals surface area contributed by atoms with E-state index in [-0.39, 0.29) is 28.2 Å². The highest BCUT2D eigenvalue weighted by molar-refractivity contribution is 7.92. The van der Waals surface area contributed by atoms with Crippen LogP contribution in [0.2, 0.25) is 0 Å². The summed E-state index contributed by atoms with van der Waals surface area (Å²) in [4.78, 5) is 4.78. The van der Waals surface area contributed by atoms with Crippen molar-refractivity contribution in [1.29, 1.82) is 0 Å². The number of methoxy groups -OCH3 is 1. The summed E-state index contributed by atoms with van der Waals surface area (Å²) in [6, 6.07) is 16.3. The highest BCUT2D eigenvalue weighted by Crippen LogP contribution is 2.41. The van der Waals surface area contributed by atoms with Crippen LogP contribution in [0.5, 0.6) is 17.2 Å². The number of aromatic hydroxyl groups is 2. The number of phenols is 2. The van der Waals surface area contributed by atoms with Gasteiger partial charge in [-0.3, -0.25) is 4.72 Å². The average molecular weight is 468 g/mol. The molecule has 3 aromatic carbocycles. The van der Waals surface area contributed by atoms with Gasteiger partial charge in [0.1, 0.15) is 5.82 Å². The molecule has 170 valence electrons. The molecule has 1 fully saturated rings. The summed E-state index contributed by atoms with van der Waals surface area (Å²) >= 11 is 0. The molecule has 4 aromatic rings. The summed E-state index contributed by atoms with van der Waals surface area (Å²) in [6.07, 6.45) is 0. The lowest BCUT2D eigenvalue weighted by Crippen LogP contribution is -2.31. The first-order chi connectivity index (χ1) is 15.9. The van der Waals surface area contributed by atoms with E-state index < -0.39 is 10.0 Å². The maximum absolute atomic E-state index is 13.0. The normalized spacial score (nSPS) is 14.2. The molecule has 5 rings (SSSR count). The molecule has 9 nitrogen and oxygen atoms in total. The average Bonchev–Trinajstić information content (AvgIpc) is 3.13. The van der Waals surface area contributed by atoms with E-state index >= 15 is 0 Å². The summed E-state index contributed by atoms with van der Waals surface area (Å²) in [5, 5.41) is 20.2. The SMILES string of the molecule is COc1cc(-c2nc3ccc(S(=O)(=O)Nc4ccccc4)cc3n2C2COC2)cc(O)c1O. The maximum Gasteiger partial charge on any atom is 0.261 e. The van der Waals surface area contributed by atoms with Gasteiger partial charge in [0.25, 0.3) is 10.0 Å². The largest absolute Gasteiger partial charge is 0.504 e. The topological polar surface area (TPSA) is 123 Å². The molecule has 1 aliphatic heterocycles. The van der Waals surface area contributed by atoms with Crippen molar-refractivity contribution in [2.45, 2.75) is 10.9 Å². The van der Waals surface area contributed by atoms with Crippen molar-refractivity contribution in [2.75, 3.05) is 25.0 Å². The van der Waals surface area contributed by atoms with Crippen molar-refractivity contribution in [3.05, 3.63) is 60.7 Å². The summed E-state index contributed by atoms with van der Waals surface area (Å²) in [5.74, 6) is -0.111. The lowest BCUT2D eigenvalue weighted by atomic mass is 10.1. The van der Waals surface area contributed by atoms with Crippen LogP contribution in [0, 0.1) is 0 Å². The molecule has 0 bridgehead atoms. The Hall–Kier alpha value is -3.76. The number of para-hydroxylation sites is 1. The van der Waals surface area contributed by atoms with Gasteiger partial charge in [-0.15, -0.1) is 0 Å². The van der Waals surface area contributed by atoms with Gasteiger partial charge in [-0.2, -0.15) is 0 Å². The minimum Gasteiger partial charge on any atom is -0.504 e. The second-order valence-corrected chi connectivity index (χ2v) is 9.35. The Morgan fingerprint density at radius 1 is 1.09 bits per heavy atom. The monoisotopic (exact) mass is 467 g/mol. The zero-order chi connectivity index (χ0) is 23.2. The van der Waals surface area contributed by atoms with Gasteiger partial charge in [0.15, 0.2) is 11.5 Å². The summed E-state index contributed by atoms with van der Waals surface area (Å²) < 4.78 is 41.0.